The van der Waals surface area contributed by atoms with Gasteiger partial charge in [0.25, 0.3) is 30.3 Å². The van der Waals surface area contributed by atoms with Gasteiger partial charge < -0.3 is 5.32 Å². The van der Waals surface area contributed by atoms with Crippen LogP contribution in [0, 0.1) is 0 Å². The van der Waals surface area contributed by atoms with Gasteiger partial charge in [-0.1, -0.05) is 30.3 Å². The van der Waals surface area contributed by atoms with Gasteiger partial charge in [-0.25, -0.2) is 23.1 Å². The van der Waals surface area contributed by atoms with E-state index in [1.54, 1.807) is 6.07 Å². The van der Waals surface area contributed by atoms with Crippen LogP contribution in [0.2, 0.25) is 0 Å². The van der Waals surface area contributed by atoms with Crippen molar-refractivity contribution in [3.8, 4) is 0 Å². The first kappa shape index (κ1) is 25.5. The van der Waals surface area contributed by atoms with Crippen LogP contribution in [0.5, 0.6) is 0 Å². The number of anilines is 2. The van der Waals surface area contributed by atoms with Gasteiger partial charge in [-0.3, -0.25) is 9.11 Å². The lowest BCUT2D eigenvalue weighted by atomic mass is 10.1. The highest BCUT2D eigenvalue weighted by Gasteiger charge is 2.34. The Bertz CT molecular complexity index is 1430. The van der Waals surface area contributed by atoms with Gasteiger partial charge in [0, 0.05) is 24.5 Å². The SMILES string of the molecule is O=S(=O)(Nc1ncccn1)c1ccc(NC(CC(c2ccccc2)S(=O)(=O)O)S(=O)(=O)O)cc1. The average molecular weight is 529 g/mol. The van der Waals surface area contributed by atoms with Crippen LogP contribution in [-0.4, -0.2) is 49.7 Å². The predicted molar refractivity (Wildman–Crippen MR) is 124 cm³/mol. The van der Waals surface area contributed by atoms with Crippen LogP contribution in [0.25, 0.3) is 0 Å². The molecule has 0 fully saturated rings. The van der Waals surface area contributed by atoms with Gasteiger partial charge in [-0.2, -0.15) is 16.8 Å². The zero-order valence-electron chi connectivity index (χ0n) is 17.3. The minimum atomic E-state index is -4.84. The standard InChI is InChI=1S/C19H20N4O8S3/c24-32(25,23-19-20-11-4-12-21-19)16-9-7-15(8-10-16)22-18(34(29,30)31)13-17(33(26,27)28)14-5-2-1-3-6-14/h1-12,17-18,22H,13H2,(H,20,21,23)(H,26,27,28)(H,29,30,31). The van der Waals surface area contributed by atoms with Crippen molar-refractivity contribution >= 4 is 41.9 Å². The van der Waals surface area contributed by atoms with E-state index in [2.05, 4.69) is 20.0 Å². The van der Waals surface area contributed by atoms with Crippen molar-refractivity contribution < 1.29 is 34.4 Å². The highest BCUT2D eigenvalue weighted by molar-refractivity contribution is 7.92. The molecule has 1 heterocycles. The highest BCUT2D eigenvalue weighted by atomic mass is 32.2. The summed E-state index contributed by atoms with van der Waals surface area (Å²) >= 11 is 0. The van der Waals surface area contributed by atoms with E-state index in [0.29, 0.717) is 0 Å². The molecule has 12 nitrogen and oxygen atoms in total. The summed E-state index contributed by atoms with van der Waals surface area (Å²) in [5, 5.41) is -1.02. The number of nitrogens with zero attached hydrogens (tertiary/aromatic N) is 2. The Morgan fingerprint density at radius 2 is 1.35 bits per heavy atom. The Morgan fingerprint density at radius 3 is 1.88 bits per heavy atom. The molecule has 0 aliphatic carbocycles. The Labute approximate surface area is 196 Å². The Balaban J connectivity index is 1.83. The Hall–Kier alpha value is -3.11. The summed E-state index contributed by atoms with van der Waals surface area (Å²) in [6.07, 6.45) is 1.97. The fourth-order valence-electron chi connectivity index (χ4n) is 2.99. The maximum atomic E-state index is 12.5. The molecular formula is C19H20N4O8S3. The molecule has 0 spiro atoms. The first-order valence-electron chi connectivity index (χ1n) is 9.50. The number of hydrogen-bond donors (Lipinski definition) is 4. The molecule has 0 saturated carbocycles. The van der Waals surface area contributed by atoms with Gasteiger partial charge in [-0.05, 0) is 35.9 Å². The van der Waals surface area contributed by atoms with E-state index in [1.807, 2.05) is 0 Å². The quantitative estimate of drug-likeness (QED) is 0.281. The number of hydrogen-bond acceptors (Lipinski definition) is 9. The molecule has 0 amide bonds. The van der Waals surface area contributed by atoms with Crippen LogP contribution in [0.1, 0.15) is 17.2 Å². The third-order valence-electron chi connectivity index (χ3n) is 4.60. The summed E-state index contributed by atoms with van der Waals surface area (Å²) in [5.41, 5.74) is 0.191. The second-order valence-corrected chi connectivity index (χ2v) is 11.9. The maximum Gasteiger partial charge on any atom is 0.286 e. The molecule has 0 bridgehead atoms. The van der Waals surface area contributed by atoms with E-state index in [1.165, 1.54) is 54.9 Å². The zero-order chi connectivity index (χ0) is 25.0. The van der Waals surface area contributed by atoms with Crippen LogP contribution in [0.3, 0.4) is 0 Å². The molecule has 2 atom stereocenters. The van der Waals surface area contributed by atoms with Crippen molar-refractivity contribution in [3.05, 3.63) is 78.6 Å². The summed E-state index contributed by atoms with van der Waals surface area (Å²) in [6.45, 7) is 0. The number of rotatable bonds is 10. The molecule has 15 heteroatoms. The molecule has 2 unspecified atom stereocenters. The number of aromatic nitrogens is 2. The summed E-state index contributed by atoms with van der Waals surface area (Å²) in [7, 11) is -13.6. The molecule has 0 aliphatic rings. The van der Waals surface area contributed by atoms with Gasteiger partial charge in [0.15, 0.2) is 5.37 Å². The van der Waals surface area contributed by atoms with Crippen LogP contribution in [0.15, 0.2) is 78.0 Å². The van der Waals surface area contributed by atoms with E-state index in [4.69, 9.17) is 0 Å². The number of benzene rings is 2. The van der Waals surface area contributed by atoms with E-state index >= 15 is 0 Å². The van der Waals surface area contributed by atoms with Crippen molar-refractivity contribution in [2.75, 3.05) is 10.0 Å². The lowest BCUT2D eigenvalue weighted by molar-refractivity contribution is 0.451. The highest BCUT2D eigenvalue weighted by Crippen LogP contribution is 2.29. The molecule has 0 saturated heterocycles. The largest absolute Gasteiger partial charge is 0.367 e. The third-order valence-corrected chi connectivity index (χ3v) is 8.16. The van der Waals surface area contributed by atoms with Crippen molar-refractivity contribution in [1.82, 2.24) is 9.97 Å². The van der Waals surface area contributed by atoms with Crippen molar-refractivity contribution in [2.24, 2.45) is 0 Å². The first-order chi connectivity index (χ1) is 15.9. The molecule has 1 aromatic heterocycles. The minimum Gasteiger partial charge on any atom is -0.367 e. The molecule has 0 aliphatic heterocycles. The van der Waals surface area contributed by atoms with Crippen molar-refractivity contribution in [2.45, 2.75) is 21.9 Å². The van der Waals surface area contributed by atoms with Crippen molar-refractivity contribution in [1.29, 1.82) is 0 Å². The monoisotopic (exact) mass is 528 g/mol. The van der Waals surface area contributed by atoms with Crippen LogP contribution >= 0.6 is 0 Å². The van der Waals surface area contributed by atoms with E-state index < -0.39 is 47.3 Å². The fourth-order valence-corrected chi connectivity index (χ4v) is 5.73. The van der Waals surface area contributed by atoms with Crippen LogP contribution in [-0.2, 0) is 30.3 Å². The maximum absolute atomic E-state index is 12.5. The van der Waals surface area contributed by atoms with Gasteiger partial charge >= 0.3 is 0 Å². The zero-order valence-corrected chi connectivity index (χ0v) is 19.7. The van der Waals surface area contributed by atoms with Gasteiger partial charge in [0.1, 0.15) is 5.25 Å². The second kappa shape index (κ2) is 10.0. The van der Waals surface area contributed by atoms with Crippen LogP contribution in [0.4, 0.5) is 11.6 Å². The third kappa shape index (κ3) is 6.71. The molecule has 4 N–H and O–H groups in total. The van der Waals surface area contributed by atoms with Gasteiger partial charge in [0.05, 0.1) is 4.90 Å². The normalized spacial score (nSPS) is 14.2. The summed E-state index contributed by atoms with van der Waals surface area (Å²) in [5.74, 6) is -0.145. The lowest BCUT2D eigenvalue weighted by Crippen LogP contribution is -2.32. The first-order valence-corrected chi connectivity index (χ1v) is 14.0. The molecular weight excluding hydrogens is 508 g/mol. The van der Waals surface area contributed by atoms with E-state index in [-0.39, 0.29) is 22.1 Å². The van der Waals surface area contributed by atoms with Crippen LogP contribution < -0.4 is 10.0 Å². The number of sulfonamides is 1. The smallest absolute Gasteiger partial charge is 0.286 e. The average Bonchev–Trinajstić information content (AvgIpc) is 2.76. The Kier molecular flexibility index (Phi) is 7.52. The van der Waals surface area contributed by atoms with E-state index in [9.17, 15) is 34.4 Å². The topological polar surface area (TPSA) is 193 Å². The molecule has 34 heavy (non-hydrogen) atoms. The van der Waals surface area contributed by atoms with Crippen molar-refractivity contribution in [3.63, 3.8) is 0 Å². The molecule has 0 radical (unpaired) electrons. The summed E-state index contributed by atoms with van der Waals surface area (Å²) in [6, 6.07) is 13.7. The molecule has 2 aromatic carbocycles. The van der Waals surface area contributed by atoms with Gasteiger partial charge in [0.2, 0.25) is 5.95 Å². The minimum absolute atomic E-state index is 0.0692. The fraction of sp³-hybridized carbons (Fsp3) is 0.158. The lowest BCUT2D eigenvalue weighted by Gasteiger charge is -2.22. The second-order valence-electron chi connectivity index (χ2n) is 7.00. The molecule has 182 valence electrons. The van der Waals surface area contributed by atoms with Gasteiger partial charge in [-0.15, -0.1) is 0 Å². The molecule has 3 aromatic rings. The molecule has 3 rings (SSSR count). The predicted octanol–water partition coefficient (Wildman–Crippen LogP) is 1.92. The summed E-state index contributed by atoms with van der Waals surface area (Å²) < 4.78 is 94.2. The summed E-state index contributed by atoms with van der Waals surface area (Å²) in [4.78, 5) is 7.35. The Morgan fingerprint density at radius 1 is 0.765 bits per heavy atom. The van der Waals surface area contributed by atoms with E-state index in [0.717, 1.165) is 12.1 Å². The number of nitrogens with one attached hydrogen (secondary N) is 2.